The van der Waals surface area contributed by atoms with E-state index in [1.165, 1.54) is 44.6 Å². The fourth-order valence-electron chi connectivity index (χ4n) is 5.09. The number of rotatable bonds is 14. The first-order valence-corrected chi connectivity index (χ1v) is 16.5. The first-order chi connectivity index (χ1) is 18.9. The van der Waals surface area contributed by atoms with Gasteiger partial charge in [0.25, 0.3) is 0 Å². The van der Waals surface area contributed by atoms with Crippen LogP contribution >= 0.6 is 7.26 Å². The van der Waals surface area contributed by atoms with Crippen molar-refractivity contribution in [1.82, 2.24) is 0 Å². The molecule has 0 aliphatic carbocycles. The molecule has 0 fully saturated rings. The Labute approximate surface area is 239 Å². The first kappa shape index (κ1) is 30.6. The normalized spacial score (nSPS) is 12.9. The summed E-state index contributed by atoms with van der Waals surface area (Å²) in [5, 5.41) is 4.35. The van der Waals surface area contributed by atoms with Crippen LogP contribution in [0.5, 0.6) is 0 Å². The van der Waals surface area contributed by atoms with Crippen LogP contribution in [0.4, 0.5) is 0 Å². The van der Waals surface area contributed by atoms with Gasteiger partial charge in [0.2, 0.25) is 0 Å². The highest BCUT2D eigenvalue weighted by Crippen LogP contribution is 2.55. The van der Waals surface area contributed by atoms with Gasteiger partial charge >= 0.3 is 0 Å². The van der Waals surface area contributed by atoms with E-state index in [4.69, 9.17) is 0 Å². The lowest BCUT2D eigenvalue weighted by molar-refractivity contribution is 0.899. The zero-order chi connectivity index (χ0) is 27.9. The van der Waals surface area contributed by atoms with Gasteiger partial charge in [0.05, 0.1) is 6.16 Å². The molecule has 204 valence electrons. The van der Waals surface area contributed by atoms with Crippen molar-refractivity contribution < 1.29 is 0 Å². The predicted molar refractivity (Wildman–Crippen MR) is 178 cm³/mol. The first-order valence-electron chi connectivity index (χ1n) is 14.6. The second kappa shape index (κ2) is 16.2. The Bertz CT molecular complexity index is 1140. The summed E-state index contributed by atoms with van der Waals surface area (Å²) >= 11 is 0. The van der Waals surface area contributed by atoms with Gasteiger partial charge in [-0.15, -0.1) is 0 Å². The highest BCUT2D eigenvalue weighted by molar-refractivity contribution is 7.95. The third kappa shape index (κ3) is 9.63. The Morgan fingerprint density at radius 1 is 0.462 bits per heavy atom. The van der Waals surface area contributed by atoms with Gasteiger partial charge in [-0.25, -0.2) is 0 Å². The molecule has 0 bridgehead atoms. The van der Waals surface area contributed by atoms with Crippen LogP contribution in [-0.4, -0.2) is 6.16 Å². The SMILES string of the molecule is CC(C)=CCC/C(C)=C/CC/C(C)=C/CC/C(C)=C/C[P+](c1ccccc1)(c1ccccc1)c1ccccc1. The predicted octanol–water partition coefficient (Wildman–Crippen LogP) is 10.1. The highest BCUT2D eigenvalue weighted by Gasteiger charge is 2.44. The molecular formula is C38H48P+. The van der Waals surface area contributed by atoms with Crippen LogP contribution in [0.15, 0.2) is 138 Å². The van der Waals surface area contributed by atoms with Crippen molar-refractivity contribution >= 4 is 23.2 Å². The van der Waals surface area contributed by atoms with Gasteiger partial charge in [-0.3, -0.25) is 0 Å². The van der Waals surface area contributed by atoms with Gasteiger partial charge in [0.1, 0.15) is 23.2 Å². The molecule has 0 aliphatic heterocycles. The monoisotopic (exact) mass is 535 g/mol. The molecule has 0 amide bonds. The standard InChI is InChI=1S/C38H48P/c1-32(2)18-15-19-33(3)20-16-21-34(4)22-17-23-35(5)30-31-39(36-24-9-6-10-25-36,37-26-11-7-12-27-37)38-28-13-8-14-29-38/h6-14,18,20,22,24-30H,15-17,19,21,23,31H2,1-5H3/q+1/b33-20+,34-22+,35-30+. The maximum Gasteiger partial charge on any atom is 0.115 e. The Balaban J connectivity index is 1.70. The second-order valence-corrected chi connectivity index (χ2v) is 14.6. The van der Waals surface area contributed by atoms with Crippen molar-refractivity contribution in [3.05, 3.63) is 138 Å². The molecule has 0 aromatic heterocycles. The van der Waals surface area contributed by atoms with E-state index >= 15 is 0 Å². The number of benzene rings is 3. The molecule has 0 saturated heterocycles. The minimum Gasteiger partial charge on any atom is -0.0856 e. The minimum absolute atomic E-state index is 1.05. The zero-order valence-electron chi connectivity index (χ0n) is 24.9. The molecule has 0 unspecified atom stereocenters. The Kier molecular flexibility index (Phi) is 12.7. The van der Waals surface area contributed by atoms with Gasteiger partial charge < -0.3 is 0 Å². The van der Waals surface area contributed by atoms with Crippen LogP contribution in [0, 0.1) is 0 Å². The average molecular weight is 536 g/mol. The summed E-state index contributed by atoms with van der Waals surface area (Å²) in [5.41, 5.74) is 5.93. The van der Waals surface area contributed by atoms with E-state index in [-0.39, 0.29) is 0 Å². The molecule has 3 aromatic rings. The van der Waals surface area contributed by atoms with E-state index in [0.717, 1.165) is 38.3 Å². The molecule has 0 saturated carbocycles. The van der Waals surface area contributed by atoms with Crippen molar-refractivity contribution in [2.75, 3.05) is 6.16 Å². The van der Waals surface area contributed by atoms with E-state index < -0.39 is 7.26 Å². The van der Waals surface area contributed by atoms with Crippen molar-refractivity contribution in [3.8, 4) is 0 Å². The Morgan fingerprint density at radius 2 is 0.795 bits per heavy atom. The lowest BCUT2D eigenvalue weighted by Crippen LogP contribution is -2.33. The van der Waals surface area contributed by atoms with Crippen LogP contribution < -0.4 is 15.9 Å². The fourth-order valence-corrected chi connectivity index (χ4v) is 9.25. The van der Waals surface area contributed by atoms with Crippen molar-refractivity contribution in [1.29, 1.82) is 0 Å². The summed E-state index contributed by atoms with van der Waals surface area (Å²) in [7, 11) is -1.80. The lowest BCUT2D eigenvalue weighted by atomic mass is 10.0. The molecular weight excluding hydrogens is 487 g/mol. The summed E-state index contributed by atoms with van der Waals surface area (Å²) in [6.45, 7) is 11.2. The van der Waals surface area contributed by atoms with Gasteiger partial charge in [0.15, 0.2) is 0 Å². The molecule has 0 nitrogen and oxygen atoms in total. The zero-order valence-corrected chi connectivity index (χ0v) is 25.8. The van der Waals surface area contributed by atoms with E-state index in [1.54, 1.807) is 0 Å². The molecule has 39 heavy (non-hydrogen) atoms. The lowest BCUT2D eigenvalue weighted by Gasteiger charge is -2.27. The van der Waals surface area contributed by atoms with Gasteiger partial charge in [-0.2, -0.15) is 0 Å². The maximum absolute atomic E-state index is 2.53. The van der Waals surface area contributed by atoms with Crippen molar-refractivity contribution in [2.45, 2.75) is 73.1 Å². The third-order valence-electron chi connectivity index (χ3n) is 7.46. The summed E-state index contributed by atoms with van der Waals surface area (Å²) in [4.78, 5) is 0. The summed E-state index contributed by atoms with van der Waals surface area (Å²) in [6, 6.07) is 33.6. The van der Waals surface area contributed by atoms with Crippen molar-refractivity contribution in [3.63, 3.8) is 0 Å². The molecule has 0 heterocycles. The number of hydrogen-bond donors (Lipinski definition) is 0. The quantitative estimate of drug-likeness (QED) is 0.142. The second-order valence-electron chi connectivity index (χ2n) is 11.0. The molecule has 0 N–H and O–H groups in total. The molecule has 3 aromatic carbocycles. The molecule has 1 heteroatoms. The Morgan fingerprint density at radius 3 is 1.15 bits per heavy atom. The molecule has 0 radical (unpaired) electrons. The smallest absolute Gasteiger partial charge is 0.0856 e. The highest BCUT2D eigenvalue weighted by atomic mass is 31.2. The minimum atomic E-state index is -1.80. The fraction of sp³-hybridized carbons (Fsp3) is 0.316. The van der Waals surface area contributed by atoms with E-state index in [1.807, 2.05) is 0 Å². The summed E-state index contributed by atoms with van der Waals surface area (Å²) < 4.78 is 0. The third-order valence-corrected chi connectivity index (χ3v) is 11.7. The molecule has 0 atom stereocenters. The number of allylic oxidation sites excluding steroid dienone is 8. The van der Waals surface area contributed by atoms with Gasteiger partial charge in [-0.1, -0.05) is 95.1 Å². The molecule has 0 aliphatic rings. The van der Waals surface area contributed by atoms with E-state index in [2.05, 4.69) is 150 Å². The number of hydrogen-bond acceptors (Lipinski definition) is 0. The molecule has 3 rings (SSSR count). The van der Waals surface area contributed by atoms with Crippen molar-refractivity contribution in [2.24, 2.45) is 0 Å². The Hall–Kier alpha value is -2.95. The topological polar surface area (TPSA) is 0 Å². The van der Waals surface area contributed by atoms with Crippen LogP contribution in [0.25, 0.3) is 0 Å². The molecule has 0 spiro atoms. The van der Waals surface area contributed by atoms with Gasteiger partial charge in [-0.05, 0) is 116 Å². The van der Waals surface area contributed by atoms with Crippen LogP contribution in [0.1, 0.15) is 73.1 Å². The van der Waals surface area contributed by atoms with Gasteiger partial charge in [0, 0.05) is 0 Å². The largest absolute Gasteiger partial charge is 0.115 e. The maximum atomic E-state index is 2.53. The average Bonchev–Trinajstić information content (AvgIpc) is 2.95. The van der Waals surface area contributed by atoms with E-state index in [0.29, 0.717) is 0 Å². The summed E-state index contributed by atoms with van der Waals surface area (Å²) in [6.07, 6.45) is 17.7. The van der Waals surface area contributed by atoms with E-state index in [9.17, 15) is 0 Å². The van der Waals surface area contributed by atoms with Crippen LogP contribution in [0.3, 0.4) is 0 Å². The summed E-state index contributed by atoms with van der Waals surface area (Å²) in [5.74, 6) is 0. The van der Waals surface area contributed by atoms with Crippen LogP contribution in [0.2, 0.25) is 0 Å². The van der Waals surface area contributed by atoms with Crippen LogP contribution in [-0.2, 0) is 0 Å².